The zero-order chi connectivity index (χ0) is 36.7. The van der Waals surface area contributed by atoms with Crippen LogP contribution in [0.3, 0.4) is 0 Å². The van der Waals surface area contributed by atoms with Gasteiger partial charge < -0.3 is 4.57 Å². The molecule has 0 N–H and O–H groups in total. The molecule has 12 aromatic rings. The lowest BCUT2D eigenvalue weighted by Crippen LogP contribution is -2.03. The van der Waals surface area contributed by atoms with Gasteiger partial charge >= 0.3 is 0 Å². The van der Waals surface area contributed by atoms with Crippen molar-refractivity contribution in [2.75, 3.05) is 0 Å². The van der Waals surface area contributed by atoms with E-state index < -0.39 is 0 Å². The largest absolute Gasteiger partial charge is 0.309 e. The van der Waals surface area contributed by atoms with Crippen molar-refractivity contribution < 1.29 is 0 Å². The second kappa shape index (κ2) is 12.0. The van der Waals surface area contributed by atoms with E-state index in [4.69, 9.17) is 9.97 Å². The molecule has 0 radical (unpaired) electrons. The van der Waals surface area contributed by atoms with Gasteiger partial charge in [0.2, 0.25) is 5.95 Å². The fourth-order valence-corrected chi connectivity index (χ4v) is 8.92. The third-order valence-corrected chi connectivity index (χ3v) is 11.5. The molecule has 0 bridgehead atoms. The summed E-state index contributed by atoms with van der Waals surface area (Å²) >= 11 is 0. The van der Waals surface area contributed by atoms with Crippen molar-refractivity contribution in [3.63, 3.8) is 0 Å². The standard InChI is InChI=1S/C52H32N4/c1-2-14-39(15-3-1)55-46-20-10-7-16-41(46)44-32-36(25-28-48(44)55)35-24-27-40-37(30-35)26-29-49-50(40)43-18-8-11-21-47(43)56(49)52-53-45-19-9-6-17-42(45)51(54-52)38-23-22-33-12-4-5-13-34(33)31-38/h1-32H. The molecular weight excluding hydrogens is 681 g/mol. The van der Waals surface area contributed by atoms with E-state index >= 15 is 0 Å². The van der Waals surface area contributed by atoms with Gasteiger partial charge in [-0.3, -0.25) is 4.57 Å². The molecule has 260 valence electrons. The van der Waals surface area contributed by atoms with E-state index in [0.717, 1.165) is 33.2 Å². The topological polar surface area (TPSA) is 35.6 Å². The van der Waals surface area contributed by atoms with Crippen molar-refractivity contribution in [3.05, 3.63) is 194 Å². The molecule has 12 rings (SSSR count). The molecule has 9 aromatic carbocycles. The lowest BCUT2D eigenvalue weighted by Gasteiger charge is -2.12. The SMILES string of the molecule is c1ccc(-n2c3ccccc3c3cc(-c4ccc5c(ccc6c5c5ccccc5n6-c5nc(-c6ccc7ccccc7c6)c6ccccc6n5)c4)ccc32)cc1. The van der Waals surface area contributed by atoms with Gasteiger partial charge in [0.1, 0.15) is 0 Å². The summed E-state index contributed by atoms with van der Waals surface area (Å²) in [5.41, 5.74) is 11.1. The zero-order valence-corrected chi connectivity index (χ0v) is 30.3. The monoisotopic (exact) mass is 712 g/mol. The summed E-state index contributed by atoms with van der Waals surface area (Å²) in [6.07, 6.45) is 0. The first-order valence-electron chi connectivity index (χ1n) is 19.1. The number of hydrogen-bond acceptors (Lipinski definition) is 2. The second-order valence-electron chi connectivity index (χ2n) is 14.6. The summed E-state index contributed by atoms with van der Waals surface area (Å²) in [5.74, 6) is 0.664. The smallest absolute Gasteiger partial charge is 0.235 e. The highest BCUT2D eigenvalue weighted by Crippen LogP contribution is 2.40. The van der Waals surface area contributed by atoms with Crippen molar-refractivity contribution in [3.8, 4) is 34.0 Å². The van der Waals surface area contributed by atoms with Crippen LogP contribution in [0.2, 0.25) is 0 Å². The van der Waals surface area contributed by atoms with Gasteiger partial charge in [-0.2, -0.15) is 0 Å². The van der Waals surface area contributed by atoms with Crippen LogP contribution >= 0.6 is 0 Å². The van der Waals surface area contributed by atoms with E-state index in [1.165, 1.54) is 70.9 Å². The van der Waals surface area contributed by atoms with Crippen LogP contribution in [0.4, 0.5) is 0 Å². The Morgan fingerprint density at radius 1 is 0.321 bits per heavy atom. The summed E-state index contributed by atoms with van der Waals surface area (Å²) in [7, 11) is 0. The molecular formula is C52H32N4. The Kier molecular flexibility index (Phi) is 6.60. The third kappa shape index (κ3) is 4.60. The summed E-state index contributed by atoms with van der Waals surface area (Å²) in [4.78, 5) is 10.6. The molecule has 0 atom stereocenters. The van der Waals surface area contributed by atoms with Crippen LogP contribution in [0, 0.1) is 0 Å². The third-order valence-electron chi connectivity index (χ3n) is 11.5. The maximum absolute atomic E-state index is 5.37. The minimum atomic E-state index is 0.664. The van der Waals surface area contributed by atoms with Crippen LogP contribution in [0.1, 0.15) is 0 Å². The lowest BCUT2D eigenvalue weighted by atomic mass is 9.97. The number of fused-ring (bicyclic) bond motifs is 10. The van der Waals surface area contributed by atoms with Gasteiger partial charge in [0, 0.05) is 38.2 Å². The Morgan fingerprint density at radius 3 is 1.80 bits per heavy atom. The summed E-state index contributed by atoms with van der Waals surface area (Å²) in [6.45, 7) is 0. The van der Waals surface area contributed by atoms with Crippen molar-refractivity contribution >= 4 is 76.1 Å². The van der Waals surface area contributed by atoms with Gasteiger partial charge in [0.15, 0.2) is 0 Å². The molecule has 0 aliphatic rings. The van der Waals surface area contributed by atoms with Crippen molar-refractivity contribution in [1.29, 1.82) is 0 Å². The number of hydrogen-bond donors (Lipinski definition) is 0. The average molecular weight is 713 g/mol. The first-order chi connectivity index (χ1) is 27.8. The summed E-state index contributed by atoms with van der Waals surface area (Å²) in [5, 5.41) is 10.7. The van der Waals surface area contributed by atoms with Gasteiger partial charge in [-0.25, -0.2) is 9.97 Å². The van der Waals surface area contributed by atoms with E-state index in [2.05, 4.69) is 203 Å². The molecule has 0 unspecified atom stereocenters. The van der Waals surface area contributed by atoms with Gasteiger partial charge in [-0.1, -0.05) is 133 Å². The average Bonchev–Trinajstić information content (AvgIpc) is 3.79. The molecule has 4 heteroatoms. The van der Waals surface area contributed by atoms with E-state index in [0.29, 0.717) is 5.95 Å². The first kappa shape index (κ1) is 30.9. The highest BCUT2D eigenvalue weighted by molar-refractivity contribution is 6.21. The Balaban J connectivity index is 1.04. The summed E-state index contributed by atoms with van der Waals surface area (Å²) < 4.78 is 4.61. The van der Waals surface area contributed by atoms with E-state index in [-0.39, 0.29) is 0 Å². The molecule has 4 nitrogen and oxygen atoms in total. The maximum Gasteiger partial charge on any atom is 0.235 e. The van der Waals surface area contributed by atoms with Crippen LogP contribution < -0.4 is 0 Å². The van der Waals surface area contributed by atoms with Crippen LogP contribution in [0.5, 0.6) is 0 Å². The van der Waals surface area contributed by atoms with Crippen molar-refractivity contribution in [2.45, 2.75) is 0 Å². The Hall–Kier alpha value is -7.56. The molecule has 0 amide bonds. The van der Waals surface area contributed by atoms with Crippen molar-refractivity contribution in [2.24, 2.45) is 0 Å². The highest BCUT2D eigenvalue weighted by Gasteiger charge is 2.20. The molecule has 0 aliphatic carbocycles. The number of benzene rings is 9. The summed E-state index contributed by atoms with van der Waals surface area (Å²) in [6, 6.07) is 69.7. The van der Waals surface area contributed by atoms with Gasteiger partial charge in [0.25, 0.3) is 0 Å². The van der Waals surface area contributed by atoms with Gasteiger partial charge in [-0.15, -0.1) is 0 Å². The predicted octanol–water partition coefficient (Wildman–Crippen LogP) is 13.5. The quantitative estimate of drug-likeness (QED) is 0.182. The minimum absolute atomic E-state index is 0.664. The van der Waals surface area contributed by atoms with Gasteiger partial charge in [-0.05, 0) is 93.3 Å². The maximum atomic E-state index is 5.37. The highest BCUT2D eigenvalue weighted by atomic mass is 15.2. The van der Waals surface area contributed by atoms with Crippen LogP contribution in [0.25, 0.3) is 110 Å². The predicted molar refractivity (Wildman–Crippen MR) is 234 cm³/mol. The number of nitrogens with zero attached hydrogens (tertiary/aromatic N) is 4. The Morgan fingerprint density at radius 2 is 0.929 bits per heavy atom. The molecule has 0 fully saturated rings. The van der Waals surface area contributed by atoms with E-state index in [1.54, 1.807) is 0 Å². The number of para-hydroxylation sites is 4. The second-order valence-corrected chi connectivity index (χ2v) is 14.6. The molecule has 3 aromatic heterocycles. The zero-order valence-electron chi connectivity index (χ0n) is 30.3. The molecule has 0 aliphatic heterocycles. The fourth-order valence-electron chi connectivity index (χ4n) is 8.92. The molecule has 0 spiro atoms. The molecule has 0 saturated carbocycles. The van der Waals surface area contributed by atoms with Crippen LogP contribution in [0.15, 0.2) is 194 Å². The van der Waals surface area contributed by atoms with Crippen molar-refractivity contribution in [1.82, 2.24) is 19.1 Å². The van der Waals surface area contributed by atoms with Crippen LogP contribution in [-0.4, -0.2) is 19.1 Å². The Bertz CT molecular complexity index is 3540. The Labute approximate surface area is 322 Å². The number of rotatable bonds is 4. The normalized spacial score (nSPS) is 11.9. The number of aromatic nitrogens is 4. The minimum Gasteiger partial charge on any atom is -0.309 e. The molecule has 56 heavy (non-hydrogen) atoms. The first-order valence-corrected chi connectivity index (χ1v) is 19.1. The van der Waals surface area contributed by atoms with Gasteiger partial charge in [0.05, 0.1) is 33.3 Å². The van der Waals surface area contributed by atoms with E-state index in [9.17, 15) is 0 Å². The fraction of sp³-hybridized carbons (Fsp3) is 0. The lowest BCUT2D eigenvalue weighted by molar-refractivity contribution is 1.01. The van der Waals surface area contributed by atoms with E-state index in [1.807, 2.05) is 0 Å². The van der Waals surface area contributed by atoms with Crippen LogP contribution in [-0.2, 0) is 0 Å². The molecule has 0 saturated heterocycles. The molecule has 3 heterocycles.